The Balaban J connectivity index is 2.23. The van der Waals surface area contributed by atoms with Crippen molar-refractivity contribution < 1.29 is 28.9 Å². The SMILES string of the molecule is COc1cc(C(=O)NC2=NC(C(=O)O)CS2)cc(OC)c1OC. The predicted octanol–water partition coefficient (Wildman–Crippen LogP) is 0.998. The van der Waals surface area contributed by atoms with Gasteiger partial charge < -0.3 is 24.6 Å². The molecule has 1 aromatic carbocycles. The van der Waals surface area contributed by atoms with E-state index in [1.165, 1.54) is 45.2 Å². The summed E-state index contributed by atoms with van der Waals surface area (Å²) >= 11 is 1.18. The fourth-order valence-corrected chi connectivity index (χ4v) is 2.85. The minimum Gasteiger partial charge on any atom is -0.493 e. The zero-order valence-corrected chi connectivity index (χ0v) is 13.6. The molecule has 124 valence electrons. The van der Waals surface area contributed by atoms with Crippen LogP contribution in [-0.4, -0.2) is 55.3 Å². The number of carbonyl (C=O) groups excluding carboxylic acids is 1. The van der Waals surface area contributed by atoms with E-state index in [-0.39, 0.29) is 10.7 Å². The van der Waals surface area contributed by atoms with Gasteiger partial charge in [-0.25, -0.2) is 9.79 Å². The normalized spacial score (nSPS) is 16.5. The minimum absolute atomic E-state index is 0.274. The third kappa shape index (κ3) is 3.67. The lowest BCUT2D eigenvalue weighted by molar-refractivity contribution is -0.137. The van der Waals surface area contributed by atoms with Gasteiger partial charge in [-0.1, -0.05) is 11.8 Å². The van der Waals surface area contributed by atoms with Crippen molar-refractivity contribution in [2.45, 2.75) is 6.04 Å². The molecule has 2 N–H and O–H groups in total. The molecule has 23 heavy (non-hydrogen) atoms. The van der Waals surface area contributed by atoms with Crippen LogP contribution in [0.25, 0.3) is 0 Å². The molecule has 1 atom stereocenters. The van der Waals surface area contributed by atoms with Crippen molar-refractivity contribution in [3.8, 4) is 17.2 Å². The van der Waals surface area contributed by atoms with E-state index in [0.29, 0.717) is 23.0 Å². The first-order valence-corrected chi connectivity index (χ1v) is 7.53. The second kappa shape index (κ2) is 7.23. The van der Waals surface area contributed by atoms with Gasteiger partial charge in [-0.2, -0.15) is 0 Å². The van der Waals surface area contributed by atoms with Crippen LogP contribution in [0, 0.1) is 0 Å². The van der Waals surface area contributed by atoms with Crippen LogP contribution in [0.3, 0.4) is 0 Å². The molecule has 0 fully saturated rings. The molecule has 0 bridgehead atoms. The fraction of sp³-hybridized carbons (Fsp3) is 0.357. The highest BCUT2D eigenvalue weighted by Crippen LogP contribution is 2.38. The molecule has 1 aliphatic rings. The van der Waals surface area contributed by atoms with Gasteiger partial charge in [0.15, 0.2) is 22.7 Å². The average Bonchev–Trinajstić information content (AvgIpc) is 3.01. The van der Waals surface area contributed by atoms with E-state index < -0.39 is 17.9 Å². The van der Waals surface area contributed by atoms with Gasteiger partial charge in [0.2, 0.25) is 5.75 Å². The van der Waals surface area contributed by atoms with Gasteiger partial charge in [0.05, 0.1) is 21.3 Å². The molecule has 1 unspecified atom stereocenters. The van der Waals surface area contributed by atoms with Crippen molar-refractivity contribution in [3.05, 3.63) is 17.7 Å². The van der Waals surface area contributed by atoms with Crippen molar-refractivity contribution in [3.63, 3.8) is 0 Å². The van der Waals surface area contributed by atoms with E-state index >= 15 is 0 Å². The van der Waals surface area contributed by atoms with Crippen LogP contribution in [0.2, 0.25) is 0 Å². The van der Waals surface area contributed by atoms with Gasteiger partial charge in [0.1, 0.15) is 0 Å². The summed E-state index contributed by atoms with van der Waals surface area (Å²) in [6.07, 6.45) is 0. The number of rotatable bonds is 5. The summed E-state index contributed by atoms with van der Waals surface area (Å²) in [6.45, 7) is 0. The van der Waals surface area contributed by atoms with Crippen molar-refractivity contribution >= 4 is 28.8 Å². The quantitative estimate of drug-likeness (QED) is 0.823. The third-order valence-electron chi connectivity index (χ3n) is 3.08. The maximum atomic E-state index is 12.3. The maximum Gasteiger partial charge on any atom is 0.329 e. The highest BCUT2D eigenvalue weighted by molar-refractivity contribution is 8.14. The number of nitrogens with one attached hydrogen (secondary N) is 1. The summed E-state index contributed by atoms with van der Waals surface area (Å²) in [6, 6.07) is 2.17. The van der Waals surface area contributed by atoms with Crippen LogP contribution in [0.5, 0.6) is 17.2 Å². The number of nitrogens with zero attached hydrogens (tertiary/aromatic N) is 1. The number of methoxy groups -OCH3 is 3. The second-order valence-electron chi connectivity index (χ2n) is 4.47. The first kappa shape index (κ1) is 16.9. The predicted molar refractivity (Wildman–Crippen MR) is 84.9 cm³/mol. The lowest BCUT2D eigenvalue weighted by atomic mass is 10.1. The Morgan fingerprint density at radius 2 is 1.83 bits per heavy atom. The zero-order valence-electron chi connectivity index (χ0n) is 12.8. The zero-order chi connectivity index (χ0) is 17.0. The highest BCUT2D eigenvalue weighted by Gasteiger charge is 2.26. The maximum absolute atomic E-state index is 12.3. The summed E-state index contributed by atoms with van der Waals surface area (Å²) in [7, 11) is 4.37. The van der Waals surface area contributed by atoms with E-state index in [0.717, 1.165) is 0 Å². The van der Waals surface area contributed by atoms with Crippen molar-refractivity contribution in [2.75, 3.05) is 27.1 Å². The van der Waals surface area contributed by atoms with E-state index in [2.05, 4.69) is 10.3 Å². The molecule has 0 radical (unpaired) electrons. The molecule has 1 heterocycles. The van der Waals surface area contributed by atoms with Crippen molar-refractivity contribution in [2.24, 2.45) is 4.99 Å². The molecular formula is C14H16N2O6S. The lowest BCUT2D eigenvalue weighted by Gasteiger charge is -2.13. The number of carboxylic acids is 1. The summed E-state index contributed by atoms with van der Waals surface area (Å²) in [5, 5.41) is 11.7. The van der Waals surface area contributed by atoms with E-state index in [9.17, 15) is 9.59 Å². The Bertz CT molecular complexity index is 636. The molecule has 9 heteroatoms. The van der Waals surface area contributed by atoms with Crippen LogP contribution in [0.4, 0.5) is 0 Å². The Morgan fingerprint density at radius 1 is 1.22 bits per heavy atom. The third-order valence-corrected chi connectivity index (χ3v) is 4.05. The summed E-state index contributed by atoms with van der Waals surface area (Å²) in [5.41, 5.74) is 0.279. The standard InChI is InChI=1S/C14H16N2O6S/c1-20-9-4-7(5-10(21-2)11(9)22-3)12(17)16-14-15-8(6-23-14)13(18)19/h4-5,8H,6H2,1-3H3,(H,18,19)(H,15,16,17). The fourth-order valence-electron chi connectivity index (χ4n) is 1.95. The summed E-state index contributed by atoms with van der Waals surface area (Å²) < 4.78 is 15.6. The molecule has 0 saturated carbocycles. The number of benzene rings is 1. The number of aliphatic carboxylic acids is 1. The number of ether oxygens (including phenoxy) is 3. The number of carbonyl (C=O) groups is 2. The number of aliphatic imine (C=N–C) groups is 1. The van der Waals surface area contributed by atoms with E-state index in [4.69, 9.17) is 19.3 Å². The van der Waals surface area contributed by atoms with Gasteiger partial charge in [0.25, 0.3) is 5.91 Å². The lowest BCUT2D eigenvalue weighted by Crippen LogP contribution is -2.27. The number of amidine groups is 1. The largest absolute Gasteiger partial charge is 0.493 e. The van der Waals surface area contributed by atoms with Crippen molar-refractivity contribution in [1.82, 2.24) is 5.32 Å². The Hall–Kier alpha value is -2.42. The molecule has 2 rings (SSSR count). The molecule has 0 aliphatic carbocycles. The molecule has 1 amide bonds. The van der Waals surface area contributed by atoms with Gasteiger partial charge in [-0.05, 0) is 12.1 Å². The minimum atomic E-state index is -1.02. The van der Waals surface area contributed by atoms with Gasteiger partial charge >= 0.3 is 5.97 Å². The topological polar surface area (TPSA) is 106 Å². The van der Waals surface area contributed by atoms with Gasteiger partial charge in [-0.3, -0.25) is 4.79 Å². The highest BCUT2D eigenvalue weighted by atomic mass is 32.2. The van der Waals surface area contributed by atoms with Gasteiger partial charge in [-0.15, -0.1) is 0 Å². The molecule has 8 nitrogen and oxygen atoms in total. The second-order valence-corrected chi connectivity index (χ2v) is 5.48. The van der Waals surface area contributed by atoms with Crippen molar-refractivity contribution in [1.29, 1.82) is 0 Å². The molecule has 1 aromatic rings. The van der Waals surface area contributed by atoms with Crippen LogP contribution >= 0.6 is 11.8 Å². The first-order valence-electron chi connectivity index (χ1n) is 6.55. The molecule has 1 aliphatic heterocycles. The molecule has 0 saturated heterocycles. The Labute approximate surface area is 136 Å². The Morgan fingerprint density at radius 3 is 2.26 bits per heavy atom. The molecular weight excluding hydrogens is 324 g/mol. The number of hydrogen-bond donors (Lipinski definition) is 2. The van der Waals surface area contributed by atoms with Crippen LogP contribution in [-0.2, 0) is 4.79 Å². The first-order chi connectivity index (χ1) is 11.0. The Kier molecular flexibility index (Phi) is 5.32. The average molecular weight is 340 g/mol. The number of thioether (sulfide) groups is 1. The number of amides is 1. The molecule has 0 aromatic heterocycles. The van der Waals surface area contributed by atoms with Crippen LogP contribution < -0.4 is 19.5 Å². The van der Waals surface area contributed by atoms with E-state index in [1.54, 1.807) is 0 Å². The molecule has 0 spiro atoms. The number of hydrogen-bond acceptors (Lipinski definition) is 7. The van der Waals surface area contributed by atoms with E-state index in [1.807, 2.05) is 0 Å². The summed E-state index contributed by atoms with van der Waals surface area (Å²) in [4.78, 5) is 27.1. The number of carboxylic acid groups (broad SMARTS) is 1. The van der Waals surface area contributed by atoms with Crippen LogP contribution in [0.15, 0.2) is 17.1 Å². The summed E-state index contributed by atoms with van der Waals surface area (Å²) in [5.74, 6) is -0.0933. The van der Waals surface area contributed by atoms with Gasteiger partial charge in [0, 0.05) is 11.3 Å². The van der Waals surface area contributed by atoms with Crippen LogP contribution in [0.1, 0.15) is 10.4 Å². The smallest absolute Gasteiger partial charge is 0.329 e. The monoisotopic (exact) mass is 340 g/mol.